The van der Waals surface area contributed by atoms with Crippen LogP contribution in [0.15, 0.2) is 24.3 Å². The first-order chi connectivity index (χ1) is 9.28. The van der Waals surface area contributed by atoms with Crippen LogP contribution in [-0.2, 0) is 4.79 Å². The molecule has 1 aliphatic rings. The van der Waals surface area contributed by atoms with Crippen LogP contribution in [0, 0.1) is 11.3 Å². The second kappa shape index (κ2) is 7.05. The van der Waals surface area contributed by atoms with E-state index in [1.807, 2.05) is 17.8 Å². The molecule has 0 bridgehead atoms. The van der Waals surface area contributed by atoms with Crippen LogP contribution in [-0.4, -0.2) is 30.1 Å². The van der Waals surface area contributed by atoms with E-state index in [4.69, 9.17) is 10.00 Å². The molecule has 0 aromatic heterocycles. The number of nitrogens with one attached hydrogen (secondary N) is 1. The number of thioether (sulfide) groups is 1. The highest BCUT2D eigenvalue weighted by Gasteiger charge is 2.15. The molecule has 1 aromatic rings. The average Bonchev–Trinajstić information content (AvgIpc) is 2.47. The van der Waals surface area contributed by atoms with Crippen molar-refractivity contribution in [2.45, 2.75) is 18.9 Å². The van der Waals surface area contributed by atoms with Crippen LogP contribution in [0.25, 0.3) is 0 Å². The van der Waals surface area contributed by atoms with Gasteiger partial charge in [0.25, 0.3) is 5.91 Å². The zero-order chi connectivity index (χ0) is 13.5. The van der Waals surface area contributed by atoms with Gasteiger partial charge in [-0.15, -0.1) is 0 Å². The number of benzene rings is 1. The predicted octanol–water partition coefficient (Wildman–Crippen LogP) is 1.95. The van der Waals surface area contributed by atoms with Gasteiger partial charge in [-0.25, -0.2) is 0 Å². The largest absolute Gasteiger partial charge is 0.484 e. The molecule has 0 atom stereocenters. The molecule has 100 valence electrons. The summed E-state index contributed by atoms with van der Waals surface area (Å²) < 4.78 is 5.38. The number of carbonyl (C=O) groups is 1. The first kappa shape index (κ1) is 13.8. The van der Waals surface area contributed by atoms with Crippen LogP contribution >= 0.6 is 11.8 Å². The molecular formula is C14H16N2O2S. The molecule has 5 heteroatoms. The summed E-state index contributed by atoms with van der Waals surface area (Å²) in [5.41, 5.74) is 0.580. The first-order valence-corrected chi connectivity index (χ1v) is 7.43. The van der Waals surface area contributed by atoms with Crippen molar-refractivity contribution in [1.29, 1.82) is 5.26 Å². The van der Waals surface area contributed by atoms with Crippen molar-refractivity contribution in [3.63, 3.8) is 0 Å². The molecule has 1 aromatic carbocycles. The maximum absolute atomic E-state index is 11.7. The fraction of sp³-hybridized carbons (Fsp3) is 0.429. The highest BCUT2D eigenvalue weighted by molar-refractivity contribution is 7.99. The van der Waals surface area contributed by atoms with E-state index in [1.54, 1.807) is 24.3 Å². The molecular weight excluding hydrogens is 260 g/mol. The topological polar surface area (TPSA) is 62.1 Å². The van der Waals surface area contributed by atoms with E-state index in [0.717, 1.165) is 24.3 Å². The van der Waals surface area contributed by atoms with Crippen LogP contribution in [0.4, 0.5) is 0 Å². The lowest BCUT2D eigenvalue weighted by Gasteiger charge is -2.22. The molecule has 0 radical (unpaired) electrons. The molecule has 19 heavy (non-hydrogen) atoms. The summed E-state index contributed by atoms with van der Waals surface area (Å²) in [6, 6.07) is 9.07. The number of ether oxygens (including phenoxy) is 1. The Kier molecular flexibility index (Phi) is 5.10. The SMILES string of the molecule is N#Cc1ccc(OCC(=O)NC2CCSCC2)cc1. The summed E-state index contributed by atoms with van der Waals surface area (Å²) >= 11 is 1.93. The predicted molar refractivity (Wildman–Crippen MR) is 75.1 cm³/mol. The van der Waals surface area contributed by atoms with Gasteiger partial charge < -0.3 is 10.1 Å². The standard InChI is InChI=1S/C14H16N2O2S/c15-9-11-1-3-13(4-2-11)18-10-14(17)16-12-5-7-19-8-6-12/h1-4,12H,5-8,10H2,(H,16,17). The number of nitrogens with zero attached hydrogens (tertiary/aromatic N) is 1. The number of amides is 1. The van der Waals surface area contributed by atoms with Gasteiger partial charge in [-0.3, -0.25) is 4.79 Å². The summed E-state index contributed by atoms with van der Waals surface area (Å²) in [5.74, 6) is 2.75. The van der Waals surface area contributed by atoms with E-state index in [9.17, 15) is 4.79 Å². The van der Waals surface area contributed by atoms with E-state index >= 15 is 0 Å². The average molecular weight is 276 g/mol. The second-order valence-corrected chi connectivity index (χ2v) is 5.60. The van der Waals surface area contributed by atoms with Gasteiger partial charge in [0.15, 0.2) is 6.61 Å². The maximum atomic E-state index is 11.7. The van der Waals surface area contributed by atoms with Gasteiger partial charge in [-0.2, -0.15) is 17.0 Å². The van der Waals surface area contributed by atoms with Crippen molar-refractivity contribution >= 4 is 17.7 Å². The molecule has 0 aliphatic carbocycles. The molecule has 1 N–H and O–H groups in total. The minimum absolute atomic E-state index is 0.0234. The molecule has 4 nitrogen and oxygen atoms in total. The summed E-state index contributed by atoms with van der Waals surface area (Å²) in [6.45, 7) is 0.0234. The number of hydrogen-bond donors (Lipinski definition) is 1. The lowest BCUT2D eigenvalue weighted by Crippen LogP contribution is -2.39. The molecule has 2 rings (SSSR count). The van der Waals surface area contributed by atoms with Crippen molar-refractivity contribution in [3.05, 3.63) is 29.8 Å². The minimum atomic E-state index is -0.0822. The van der Waals surface area contributed by atoms with E-state index in [2.05, 4.69) is 5.32 Å². The van der Waals surface area contributed by atoms with Crippen molar-refractivity contribution in [2.24, 2.45) is 0 Å². The Hall–Kier alpha value is -1.67. The third kappa shape index (κ3) is 4.49. The van der Waals surface area contributed by atoms with Crippen LogP contribution in [0.2, 0.25) is 0 Å². The Labute approximate surface area is 117 Å². The second-order valence-electron chi connectivity index (χ2n) is 4.38. The zero-order valence-electron chi connectivity index (χ0n) is 10.6. The minimum Gasteiger partial charge on any atom is -0.484 e. The van der Waals surface area contributed by atoms with Crippen LogP contribution < -0.4 is 10.1 Å². The van der Waals surface area contributed by atoms with Gasteiger partial charge in [-0.05, 0) is 48.6 Å². The van der Waals surface area contributed by atoms with Crippen molar-refractivity contribution < 1.29 is 9.53 Å². The Bertz CT molecular complexity index is 461. The van der Waals surface area contributed by atoms with E-state index in [1.165, 1.54) is 0 Å². The fourth-order valence-corrected chi connectivity index (χ4v) is 2.99. The Balaban J connectivity index is 1.74. The molecule has 1 amide bonds. The quantitative estimate of drug-likeness (QED) is 0.913. The Morgan fingerprint density at radius 2 is 2.05 bits per heavy atom. The normalized spacial score (nSPS) is 15.5. The van der Waals surface area contributed by atoms with Gasteiger partial charge >= 0.3 is 0 Å². The number of nitriles is 1. The summed E-state index contributed by atoms with van der Waals surface area (Å²) in [7, 11) is 0. The smallest absolute Gasteiger partial charge is 0.258 e. The number of carbonyl (C=O) groups excluding carboxylic acids is 1. The molecule has 0 unspecified atom stereocenters. The summed E-state index contributed by atoms with van der Waals surface area (Å²) in [5, 5.41) is 11.7. The third-order valence-corrected chi connectivity index (χ3v) is 3.99. The van der Waals surface area contributed by atoms with Crippen LogP contribution in [0.5, 0.6) is 5.75 Å². The van der Waals surface area contributed by atoms with Crippen molar-refractivity contribution in [3.8, 4) is 11.8 Å². The molecule has 0 spiro atoms. The zero-order valence-corrected chi connectivity index (χ0v) is 11.4. The Morgan fingerprint density at radius 3 is 2.68 bits per heavy atom. The highest BCUT2D eigenvalue weighted by Crippen LogP contribution is 2.17. The Morgan fingerprint density at radius 1 is 1.37 bits per heavy atom. The highest BCUT2D eigenvalue weighted by atomic mass is 32.2. The van der Waals surface area contributed by atoms with Gasteiger partial charge in [0.2, 0.25) is 0 Å². The van der Waals surface area contributed by atoms with Crippen LogP contribution in [0.1, 0.15) is 18.4 Å². The van der Waals surface area contributed by atoms with Crippen molar-refractivity contribution in [2.75, 3.05) is 18.1 Å². The number of rotatable bonds is 4. The molecule has 1 aliphatic heterocycles. The van der Waals surface area contributed by atoms with E-state index in [0.29, 0.717) is 17.4 Å². The first-order valence-electron chi connectivity index (χ1n) is 6.28. The third-order valence-electron chi connectivity index (χ3n) is 2.94. The molecule has 0 saturated carbocycles. The number of hydrogen-bond acceptors (Lipinski definition) is 4. The van der Waals surface area contributed by atoms with Gasteiger partial charge in [0.05, 0.1) is 11.6 Å². The summed E-state index contributed by atoms with van der Waals surface area (Å²) in [4.78, 5) is 11.7. The van der Waals surface area contributed by atoms with E-state index in [-0.39, 0.29) is 12.5 Å². The lowest BCUT2D eigenvalue weighted by molar-refractivity contribution is -0.123. The fourth-order valence-electron chi connectivity index (χ4n) is 1.89. The van der Waals surface area contributed by atoms with E-state index < -0.39 is 0 Å². The van der Waals surface area contributed by atoms with Gasteiger partial charge in [-0.1, -0.05) is 0 Å². The molecule has 1 heterocycles. The van der Waals surface area contributed by atoms with Crippen LogP contribution in [0.3, 0.4) is 0 Å². The molecule has 1 fully saturated rings. The van der Waals surface area contributed by atoms with Gasteiger partial charge in [0, 0.05) is 6.04 Å². The lowest BCUT2D eigenvalue weighted by atomic mass is 10.1. The summed E-state index contributed by atoms with van der Waals surface area (Å²) in [6.07, 6.45) is 2.07. The monoisotopic (exact) mass is 276 g/mol. The van der Waals surface area contributed by atoms with Crippen molar-refractivity contribution in [1.82, 2.24) is 5.32 Å². The van der Waals surface area contributed by atoms with Gasteiger partial charge in [0.1, 0.15) is 5.75 Å². The maximum Gasteiger partial charge on any atom is 0.258 e. The molecule has 1 saturated heterocycles.